The molecule has 0 saturated carbocycles. The summed E-state index contributed by atoms with van der Waals surface area (Å²) in [6.07, 6.45) is 0. The van der Waals surface area contributed by atoms with Crippen LogP contribution in [0.4, 0.5) is 34.1 Å². The first-order chi connectivity index (χ1) is 33.7. The number of anilines is 4. The topological polar surface area (TPSA) is 218 Å². The van der Waals surface area contributed by atoms with E-state index in [-0.39, 0.29) is 43.9 Å². The fourth-order valence-corrected chi connectivity index (χ4v) is 7.86. The number of amides is 4. The van der Waals surface area contributed by atoms with E-state index in [2.05, 4.69) is 41.7 Å². The van der Waals surface area contributed by atoms with Crippen LogP contribution in [-0.2, 0) is 19.2 Å². The van der Waals surface area contributed by atoms with Gasteiger partial charge >= 0.3 is 0 Å². The number of ether oxygens (including phenoxy) is 2. The molecular weight excluding hydrogens is 1020 g/mol. The molecule has 5 unspecified atom stereocenters. The monoisotopic (exact) mass is 1060 g/mol. The van der Waals surface area contributed by atoms with Crippen LogP contribution >= 0.6 is 58.0 Å². The fourth-order valence-electron chi connectivity index (χ4n) is 6.86. The van der Waals surface area contributed by atoms with E-state index >= 15 is 0 Å². The lowest BCUT2D eigenvalue weighted by Gasteiger charge is -2.17. The van der Waals surface area contributed by atoms with Crippen molar-refractivity contribution in [3.8, 4) is 11.5 Å². The molecule has 5 aromatic carbocycles. The third-order valence-electron chi connectivity index (χ3n) is 10.2. The van der Waals surface area contributed by atoms with Crippen molar-refractivity contribution in [3.63, 3.8) is 0 Å². The molecule has 4 N–H and O–H groups in total. The summed E-state index contributed by atoms with van der Waals surface area (Å²) in [5.74, 6) is -3.32. The standard InChI is InChI=1S/C50H49Cl5N8O8/c1-8-70-41-14-10-12-37(25(3)51)45(41)58-47(66)30-18-32(54)22-35(20-30)60-62-43(28(6)64)49(68)56-34-16-17-40(39(24-34)27(5)53)57-50(69)44(29(7)65)63-61-36-21-31(19-33(55)23-36)48(67)59-46-38(26(4)52)13-11-15-42(46)71-9-2/h10-27,43-44H,8-9H2,1-7H3,(H,56,68)(H,57,69)(H,58,66)(H,59,67). The number of carbonyl (C=O) groups is 6. The van der Waals surface area contributed by atoms with Crippen molar-refractivity contribution < 1.29 is 38.2 Å². The number of halogens is 5. The second kappa shape index (κ2) is 25.6. The molecule has 4 amide bonds. The number of azo groups is 2. The lowest BCUT2D eigenvalue weighted by Crippen LogP contribution is -2.32. The minimum absolute atomic E-state index is 0.0702. The first kappa shape index (κ1) is 55.5. The Balaban J connectivity index is 1.30. The third-order valence-corrected chi connectivity index (χ3v) is 11.3. The highest BCUT2D eigenvalue weighted by Crippen LogP contribution is 2.38. The number of Topliss-reactive ketones (excluding diaryl/α,β-unsaturated/α-hetero) is 2. The molecule has 0 spiro atoms. The lowest BCUT2D eigenvalue weighted by molar-refractivity contribution is -0.127. The molecule has 16 nitrogen and oxygen atoms in total. The van der Waals surface area contributed by atoms with E-state index in [4.69, 9.17) is 67.5 Å². The highest BCUT2D eigenvalue weighted by atomic mass is 35.5. The smallest absolute Gasteiger partial charge is 0.258 e. The van der Waals surface area contributed by atoms with Crippen molar-refractivity contribution in [2.75, 3.05) is 34.5 Å². The largest absolute Gasteiger partial charge is 0.492 e. The molecular formula is C50H49Cl5N8O8. The first-order valence-electron chi connectivity index (χ1n) is 22.0. The molecule has 0 fully saturated rings. The van der Waals surface area contributed by atoms with Crippen molar-refractivity contribution >= 4 is 127 Å². The average molecular weight is 1070 g/mol. The number of ketones is 2. The van der Waals surface area contributed by atoms with Gasteiger partial charge in [0.2, 0.25) is 12.1 Å². The maximum absolute atomic E-state index is 13.6. The van der Waals surface area contributed by atoms with E-state index < -0.39 is 63.4 Å². The van der Waals surface area contributed by atoms with Gasteiger partial charge in [-0.1, -0.05) is 47.5 Å². The van der Waals surface area contributed by atoms with Gasteiger partial charge < -0.3 is 30.7 Å². The van der Waals surface area contributed by atoms with Crippen LogP contribution in [0.15, 0.2) is 111 Å². The van der Waals surface area contributed by atoms with Crippen molar-refractivity contribution in [3.05, 3.63) is 129 Å². The number of para-hydroxylation sites is 2. The van der Waals surface area contributed by atoms with E-state index in [9.17, 15) is 28.8 Å². The predicted molar refractivity (Wildman–Crippen MR) is 279 cm³/mol. The summed E-state index contributed by atoms with van der Waals surface area (Å²) in [5.41, 5.74) is 3.03. The highest BCUT2D eigenvalue weighted by Gasteiger charge is 2.27. The van der Waals surface area contributed by atoms with Crippen LogP contribution in [0.2, 0.25) is 10.0 Å². The Kier molecular flexibility index (Phi) is 20.0. The Morgan fingerprint density at radius 3 is 1.35 bits per heavy atom. The zero-order chi connectivity index (χ0) is 52.1. The van der Waals surface area contributed by atoms with Gasteiger partial charge in [0.1, 0.15) is 11.5 Å². The first-order valence-corrected chi connectivity index (χ1v) is 24.0. The number of alkyl halides is 3. The molecule has 5 atom stereocenters. The van der Waals surface area contributed by atoms with Crippen molar-refractivity contribution in [1.82, 2.24) is 0 Å². The summed E-state index contributed by atoms with van der Waals surface area (Å²) < 4.78 is 11.4. The lowest BCUT2D eigenvalue weighted by atomic mass is 10.1. The summed E-state index contributed by atoms with van der Waals surface area (Å²) in [4.78, 5) is 79.7. The molecule has 0 saturated heterocycles. The number of carbonyl (C=O) groups excluding carboxylic acids is 6. The fraction of sp³-hybridized carbons (Fsp3) is 0.280. The maximum atomic E-state index is 13.6. The number of rotatable bonds is 21. The molecule has 0 aliphatic heterocycles. The minimum Gasteiger partial charge on any atom is -0.492 e. The molecule has 0 aromatic heterocycles. The Morgan fingerprint density at radius 1 is 0.535 bits per heavy atom. The van der Waals surface area contributed by atoms with Gasteiger partial charge in [-0.05, 0) is 132 Å². The van der Waals surface area contributed by atoms with E-state index in [0.717, 1.165) is 13.8 Å². The van der Waals surface area contributed by atoms with Gasteiger partial charge in [0.05, 0.1) is 52.1 Å². The van der Waals surface area contributed by atoms with Crippen LogP contribution in [0, 0.1) is 0 Å². The van der Waals surface area contributed by atoms with Crippen LogP contribution in [0.25, 0.3) is 0 Å². The van der Waals surface area contributed by atoms with Gasteiger partial charge in [-0.25, -0.2) is 0 Å². The molecule has 5 aromatic rings. The Morgan fingerprint density at radius 2 is 0.958 bits per heavy atom. The van der Waals surface area contributed by atoms with Gasteiger partial charge in [-0.15, -0.1) is 34.8 Å². The van der Waals surface area contributed by atoms with Crippen molar-refractivity contribution in [2.45, 2.75) is 76.7 Å². The quantitative estimate of drug-likeness (QED) is 0.0314. The third kappa shape index (κ3) is 15.0. The summed E-state index contributed by atoms with van der Waals surface area (Å²) >= 11 is 32.1. The van der Waals surface area contributed by atoms with E-state index in [1.54, 1.807) is 64.1 Å². The van der Waals surface area contributed by atoms with Crippen LogP contribution in [0.1, 0.15) is 102 Å². The number of nitrogens with one attached hydrogen (secondary N) is 4. The normalized spacial score (nSPS) is 13.4. The molecule has 0 heterocycles. The average Bonchev–Trinajstić information content (AvgIpc) is 3.30. The zero-order valence-corrected chi connectivity index (χ0v) is 43.2. The Bertz CT molecular complexity index is 2890. The molecule has 0 aliphatic rings. The highest BCUT2D eigenvalue weighted by molar-refractivity contribution is 6.32. The number of hydrogen-bond donors (Lipinski definition) is 4. The molecule has 5 rings (SSSR count). The molecule has 0 radical (unpaired) electrons. The Hall–Kier alpha value is -6.43. The Labute approximate surface area is 435 Å². The second-order valence-corrected chi connectivity index (χ2v) is 18.5. The predicted octanol–water partition coefficient (Wildman–Crippen LogP) is 13.6. The van der Waals surface area contributed by atoms with Crippen molar-refractivity contribution in [2.24, 2.45) is 20.5 Å². The summed E-state index contributed by atoms with van der Waals surface area (Å²) in [5, 5.41) is 25.7. The van der Waals surface area contributed by atoms with E-state index in [1.165, 1.54) is 54.6 Å². The molecule has 0 aliphatic carbocycles. The molecule has 21 heteroatoms. The summed E-state index contributed by atoms with van der Waals surface area (Å²) in [6, 6.07) is 19.9. The zero-order valence-electron chi connectivity index (χ0n) is 39.4. The maximum Gasteiger partial charge on any atom is 0.258 e. The van der Waals surface area contributed by atoms with Crippen LogP contribution in [0.5, 0.6) is 11.5 Å². The molecule has 71 heavy (non-hydrogen) atoms. The van der Waals surface area contributed by atoms with Crippen LogP contribution in [0.3, 0.4) is 0 Å². The van der Waals surface area contributed by atoms with Gasteiger partial charge in [0, 0.05) is 32.5 Å². The summed E-state index contributed by atoms with van der Waals surface area (Å²) in [6.45, 7) is 11.7. The second-order valence-electron chi connectivity index (χ2n) is 15.7. The van der Waals surface area contributed by atoms with Gasteiger partial charge in [0.15, 0.2) is 11.6 Å². The van der Waals surface area contributed by atoms with E-state index in [1.807, 2.05) is 6.92 Å². The number of benzene rings is 5. The SMILES string of the molecule is CCOc1cccc(C(C)Cl)c1NC(=O)c1cc(Cl)cc(N=NC(C(C)=O)C(=O)Nc2ccc(NC(=O)C(N=Nc3cc(Cl)cc(C(=O)Nc4c(OCC)cccc4C(C)Cl)c3)C(C)=O)c(C(C)Cl)c2)c1. The van der Waals surface area contributed by atoms with Gasteiger partial charge in [0.25, 0.3) is 23.6 Å². The molecule has 0 bridgehead atoms. The molecule has 372 valence electrons. The summed E-state index contributed by atoms with van der Waals surface area (Å²) in [7, 11) is 0. The van der Waals surface area contributed by atoms with Crippen LogP contribution in [-0.4, -0.2) is 60.5 Å². The van der Waals surface area contributed by atoms with Crippen molar-refractivity contribution in [1.29, 1.82) is 0 Å². The van der Waals surface area contributed by atoms with E-state index in [0.29, 0.717) is 52.8 Å². The number of hydrogen-bond acceptors (Lipinski definition) is 12. The van der Waals surface area contributed by atoms with Gasteiger partial charge in [-0.2, -0.15) is 20.5 Å². The number of nitrogens with zero attached hydrogens (tertiary/aromatic N) is 4. The minimum atomic E-state index is -1.65. The van der Waals surface area contributed by atoms with Crippen LogP contribution < -0.4 is 30.7 Å². The van der Waals surface area contributed by atoms with Gasteiger partial charge in [-0.3, -0.25) is 28.8 Å².